The van der Waals surface area contributed by atoms with Crippen LogP contribution >= 0.6 is 11.6 Å². The van der Waals surface area contributed by atoms with Gasteiger partial charge in [0, 0.05) is 22.3 Å². The van der Waals surface area contributed by atoms with E-state index in [9.17, 15) is 9.59 Å². The third-order valence-electron chi connectivity index (χ3n) is 4.15. The molecule has 1 atom stereocenters. The summed E-state index contributed by atoms with van der Waals surface area (Å²) in [6, 6.07) is 11.3. The highest BCUT2D eigenvalue weighted by Crippen LogP contribution is 2.29. The molecule has 10 heteroatoms. The number of hydrazone groups is 1. The molecule has 156 valence electrons. The van der Waals surface area contributed by atoms with Crippen molar-refractivity contribution in [1.82, 2.24) is 10.7 Å². The molecule has 1 aliphatic rings. The Morgan fingerprint density at radius 2 is 2.00 bits per heavy atom. The number of rotatable bonds is 7. The monoisotopic (exact) mass is 429 g/mol. The SMILES string of the molecule is COc1ccc(NC(=O)C[C@H]2N=C(N/N=C\c3ccccc3Cl)NC2=O)cc1OC. The van der Waals surface area contributed by atoms with E-state index in [-0.39, 0.29) is 18.3 Å². The summed E-state index contributed by atoms with van der Waals surface area (Å²) < 4.78 is 10.4. The number of guanidine groups is 1. The van der Waals surface area contributed by atoms with Gasteiger partial charge >= 0.3 is 0 Å². The number of carbonyl (C=O) groups excluding carboxylic acids is 2. The van der Waals surface area contributed by atoms with Crippen molar-refractivity contribution in [2.45, 2.75) is 12.5 Å². The number of benzene rings is 2. The molecule has 0 saturated heterocycles. The molecule has 2 aromatic rings. The van der Waals surface area contributed by atoms with Crippen LogP contribution in [-0.2, 0) is 9.59 Å². The summed E-state index contributed by atoms with van der Waals surface area (Å²) in [5, 5.41) is 9.81. The van der Waals surface area contributed by atoms with Crippen LogP contribution in [0.25, 0.3) is 0 Å². The van der Waals surface area contributed by atoms with Gasteiger partial charge in [-0.15, -0.1) is 0 Å². The van der Waals surface area contributed by atoms with E-state index in [0.29, 0.717) is 27.8 Å². The summed E-state index contributed by atoms with van der Waals surface area (Å²) >= 11 is 6.05. The molecule has 1 heterocycles. The minimum Gasteiger partial charge on any atom is -0.493 e. The van der Waals surface area contributed by atoms with E-state index in [4.69, 9.17) is 21.1 Å². The number of aliphatic imine (C=N–C) groups is 1. The van der Waals surface area contributed by atoms with Crippen molar-refractivity contribution in [3.8, 4) is 11.5 Å². The number of hydrogen-bond acceptors (Lipinski definition) is 7. The first kappa shape index (κ1) is 21.1. The van der Waals surface area contributed by atoms with Crippen LogP contribution in [0.15, 0.2) is 52.6 Å². The second kappa shape index (κ2) is 9.75. The summed E-state index contributed by atoms with van der Waals surface area (Å²) in [5.74, 6) is 0.421. The summed E-state index contributed by atoms with van der Waals surface area (Å²) in [4.78, 5) is 28.6. The molecular weight excluding hydrogens is 410 g/mol. The van der Waals surface area contributed by atoms with E-state index in [2.05, 4.69) is 26.2 Å². The topological polar surface area (TPSA) is 113 Å². The fourth-order valence-electron chi connectivity index (χ4n) is 2.69. The Kier molecular flexibility index (Phi) is 6.87. The lowest BCUT2D eigenvalue weighted by molar-refractivity contribution is -0.123. The lowest BCUT2D eigenvalue weighted by atomic mass is 10.2. The Morgan fingerprint density at radius 3 is 2.73 bits per heavy atom. The minimum absolute atomic E-state index is 0.125. The molecule has 2 aromatic carbocycles. The van der Waals surface area contributed by atoms with Gasteiger partial charge in [-0.3, -0.25) is 14.9 Å². The van der Waals surface area contributed by atoms with Gasteiger partial charge in [0.1, 0.15) is 6.04 Å². The lowest BCUT2D eigenvalue weighted by Gasteiger charge is -2.11. The Bertz CT molecular complexity index is 1010. The largest absolute Gasteiger partial charge is 0.493 e. The molecule has 0 aromatic heterocycles. The third-order valence-corrected chi connectivity index (χ3v) is 4.50. The molecule has 1 aliphatic heterocycles. The van der Waals surface area contributed by atoms with E-state index in [1.54, 1.807) is 30.3 Å². The quantitative estimate of drug-likeness (QED) is 0.461. The number of carbonyl (C=O) groups is 2. The number of anilines is 1. The zero-order chi connectivity index (χ0) is 21.5. The second-order valence-electron chi connectivity index (χ2n) is 6.20. The molecule has 0 fully saturated rings. The highest BCUT2D eigenvalue weighted by atomic mass is 35.5. The number of hydrogen-bond donors (Lipinski definition) is 3. The van der Waals surface area contributed by atoms with Crippen molar-refractivity contribution in [2.24, 2.45) is 10.1 Å². The molecule has 0 unspecified atom stereocenters. The lowest BCUT2D eigenvalue weighted by Crippen LogP contribution is -2.35. The molecule has 0 aliphatic carbocycles. The maximum absolute atomic E-state index is 12.3. The number of halogens is 1. The van der Waals surface area contributed by atoms with Crippen LogP contribution in [0.4, 0.5) is 5.69 Å². The number of ether oxygens (including phenoxy) is 2. The first-order valence-electron chi connectivity index (χ1n) is 8.94. The Balaban J connectivity index is 1.57. The van der Waals surface area contributed by atoms with Crippen LogP contribution in [0.3, 0.4) is 0 Å². The maximum Gasteiger partial charge on any atom is 0.252 e. The first-order valence-corrected chi connectivity index (χ1v) is 9.32. The number of amides is 2. The molecule has 0 radical (unpaired) electrons. The highest BCUT2D eigenvalue weighted by Gasteiger charge is 2.28. The van der Waals surface area contributed by atoms with E-state index in [0.717, 1.165) is 0 Å². The van der Waals surface area contributed by atoms with Crippen LogP contribution in [0.2, 0.25) is 5.02 Å². The number of nitrogens with zero attached hydrogens (tertiary/aromatic N) is 2. The normalized spacial score (nSPS) is 15.5. The molecule has 0 saturated carbocycles. The van der Waals surface area contributed by atoms with Crippen LogP contribution in [0.1, 0.15) is 12.0 Å². The average Bonchev–Trinajstić information content (AvgIpc) is 3.08. The molecule has 0 bridgehead atoms. The van der Waals surface area contributed by atoms with Gasteiger partial charge in [-0.05, 0) is 18.2 Å². The summed E-state index contributed by atoms with van der Waals surface area (Å²) in [6.07, 6.45) is 1.38. The number of methoxy groups -OCH3 is 2. The van der Waals surface area contributed by atoms with Gasteiger partial charge in [0.2, 0.25) is 11.9 Å². The second-order valence-corrected chi connectivity index (χ2v) is 6.60. The average molecular weight is 430 g/mol. The van der Waals surface area contributed by atoms with Crippen LogP contribution < -0.4 is 25.5 Å². The molecule has 0 spiro atoms. The van der Waals surface area contributed by atoms with Crippen molar-refractivity contribution >= 4 is 41.3 Å². The molecule has 3 N–H and O–H groups in total. The van der Waals surface area contributed by atoms with Crippen LogP contribution in [-0.4, -0.2) is 44.2 Å². The van der Waals surface area contributed by atoms with Crippen LogP contribution in [0, 0.1) is 0 Å². The van der Waals surface area contributed by atoms with Crippen molar-refractivity contribution in [1.29, 1.82) is 0 Å². The van der Waals surface area contributed by atoms with E-state index < -0.39 is 11.9 Å². The summed E-state index contributed by atoms with van der Waals surface area (Å²) in [7, 11) is 3.03. The fourth-order valence-corrected chi connectivity index (χ4v) is 2.87. The Labute approximate surface area is 178 Å². The molecule has 9 nitrogen and oxygen atoms in total. The fraction of sp³-hybridized carbons (Fsp3) is 0.200. The van der Waals surface area contributed by atoms with Gasteiger partial charge in [-0.1, -0.05) is 29.8 Å². The van der Waals surface area contributed by atoms with E-state index >= 15 is 0 Å². The van der Waals surface area contributed by atoms with Gasteiger partial charge in [-0.25, -0.2) is 10.4 Å². The van der Waals surface area contributed by atoms with Gasteiger partial charge in [0.15, 0.2) is 11.5 Å². The summed E-state index contributed by atoms with van der Waals surface area (Å²) in [6.45, 7) is 0. The highest BCUT2D eigenvalue weighted by molar-refractivity contribution is 6.33. The predicted molar refractivity (Wildman–Crippen MR) is 114 cm³/mol. The Morgan fingerprint density at radius 1 is 1.23 bits per heavy atom. The van der Waals surface area contributed by atoms with Crippen molar-refractivity contribution in [3.63, 3.8) is 0 Å². The van der Waals surface area contributed by atoms with Gasteiger partial charge in [-0.2, -0.15) is 5.10 Å². The van der Waals surface area contributed by atoms with Gasteiger partial charge in [0.25, 0.3) is 5.91 Å². The third kappa shape index (κ3) is 5.26. The van der Waals surface area contributed by atoms with Crippen molar-refractivity contribution in [2.75, 3.05) is 19.5 Å². The predicted octanol–water partition coefficient (Wildman–Crippen LogP) is 2.16. The van der Waals surface area contributed by atoms with Gasteiger partial charge in [0.05, 0.1) is 26.9 Å². The standard InChI is InChI=1S/C20H20ClN5O4/c1-29-16-8-7-13(9-17(16)30-2)23-18(27)10-15-19(28)25-20(24-15)26-22-11-12-5-3-4-6-14(12)21/h3-9,11,15H,10H2,1-2H3,(H,23,27)(H2,24,25,26,28)/b22-11-/t15-/m1/s1. The first-order chi connectivity index (χ1) is 14.5. The number of nitrogens with one attached hydrogen (secondary N) is 3. The zero-order valence-corrected chi connectivity index (χ0v) is 17.1. The van der Waals surface area contributed by atoms with E-state index in [1.807, 2.05) is 12.1 Å². The Hall–Kier alpha value is -3.59. The maximum atomic E-state index is 12.3. The zero-order valence-electron chi connectivity index (χ0n) is 16.3. The smallest absolute Gasteiger partial charge is 0.252 e. The van der Waals surface area contributed by atoms with Crippen molar-refractivity contribution in [3.05, 3.63) is 53.1 Å². The molecule has 30 heavy (non-hydrogen) atoms. The van der Waals surface area contributed by atoms with Crippen LogP contribution in [0.5, 0.6) is 11.5 Å². The molecular formula is C20H20ClN5O4. The summed E-state index contributed by atoms with van der Waals surface area (Å²) in [5.41, 5.74) is 3.86. The van der Waals surface area contributed by atoms with Gasteiger partial charge < -0.3 is 14.8 Å². The minimum atomic E-state index is -0.858. The molecule has 2 amide bonds. The molecule has 3 rings (SSSR count). The van der Waals surface area contributed by atoms with E-state index in [1.165, 1.54) is 20.4 Å². The van der Waals surface area contributed by atoms with Crippen molar-refractivity contribution < 1.29 is 19.1 Å².